The van der Waals surface area contributed by atoms with Crippen LogP contribution in [0.1, 0.15) is 10.4 Å². The van der Waals surface area contributed by atoms with Gasteiger partial charge in [-0.3, -0.25) is 0 Å². The molecule has 0 radical (unpaired) electrons. The summed E-state index contributed by atoms with van der Waals surface area (Å²) >= 11 is 0. The van der Waals surface area contributed by atoms with E-state index in [0.717, 1.165) is 0 Å². The molecule has 4 heteroatoms. The quantitative estimate of drug-likeness (QED) is 0.444. The van der Waals surface area contributed by atoms with Crippen molar-refractivity contribution in [2.75, 3.05) is 6.61 Å². The van der Waals surface area contributed by atoms with E-state index < -0.39 is 0 Å². The summed E-state index contributed by atoms with van der Waals surface area (Å²) < 4.78 is 4.82. The van der Waals surface area contributed by atoms with Gasteiger partial charge in [0.25, 0.3) is 0 Å². The Labute approximate surface area is 109 Å². The van der Waals surface area contributed by atoms with E-state index >= 15 is 0 Å². The first-order chi connectivity index (χ1) is 5.84. The predicted molar refractivity (Wildman–Crippen MR) is 56.9 cm³/mol. The fraction of sp³-hybridized carbons (Fsp3) is 0.100. The van der Waals surface area contributed by atoms with Crippen LogP contribution in [0.2, 0.25) is 0 Å². The molecular formula is C10H13AlO2Ti. The molecule has 0 unspecified atom stereocenters. The van der Waals surface area contributed by atoms with Gasteiger partial charge in [-0.05, 0) is 12.1 Å². The smallest absolute Gasteiger partial charge is 0.338 e. The summed E-state index contributed by atoms with van der Waals surface area (Å²) in [6.45, 7) is 3.71. The minimum Gasteiger partial charge on any atom is -0.458 e. The van der Waals surface area contributed by atoms with Gasteiger partial charge in [0.15, 0.2) is 17.4 Å². The number of carbonyl (C=O) groups excluding carboxylic acids is 1. The third-order valence-corrected chi connectivity index (χ3v) is 1.34. The van der Waals surface area contributed by atoms with Gasteiger partial charge in [0.2, 0.25) is 0 Å². The van der Waals surface area contributed by atoms with Crippen molar-refractivity contribution in [3.8, 4) is 0 Å². The Morgan fingerprint density at radius 3 is 2.43 bits per heavy atom. The van der Waals surface area contributed by atoms with E-state index in [0.29, 0.717) is 5.56 Å². The van der Waals surface area contributed by atoms with Crippen molar-refractivity contribution < 1.29 is 31.2 Å². The molecule has 0 spiro atoms. The van der Waals surface area contributed by atoms with E-state index in [4.69, 9.17) is 4.74 Å². The van der Waals surface area contributed by atoms with E-state index in [9.17, 15) is 4.79 Å². The molecule has 1 aromatic carbocycles. The summed E-state index contributed by atoms with van der Waals surface area (Å²) in [6.07, 6.45) is 1.54. The van der Waals surface area contributed by atoms with Gasteiger partial charge in [-0.2, -0.15) is 0 Å². The molecular weight excluding hydrogens is 227 g/mol. The average molecular weight is 240 g/mol. The minimum absolute atomic E-state index is 0. The molecule has 2 nitrogen and oxygen atoms in total. The van der Waals surface area contributed by atoms with Crippen LogP contribution < -0.4 is 0 Å². The third kappa shape index (κ3) is 5.42. The summed E-state index contributed by atoms with van der Waals surface area (Å²) in [5.41, 5.74) is 0.569. The molecule has 0 fully saturated rings. The average Bonchev–Trinajstić information content (AvgIpc) is 2.15. The number of hydrogen-bond acceptors (Lipinski definition) is 2. The zero-order valence-corrected chi connectivity index (χ0v) is 8.76. The van der Waals surface area contributed by atoms with Crippen LogP contribution in [0.25, 0.3) is 0 Å². The molecule has 0 aliphatic heterocycles. The van der Waals surface area contributed by atoms with Crippen LogP contribution in [0.5, 0.6) is 0 Å². The monoisotopic (exact) mass is 240 g/mol. The minimum atomic E-state index is -0.310. The maximum atomic E-state index is 11.1. The third-order valence-electron chi connectivity index (χ3n) is 1.34. The summed E-state index contributed by atoms with van der Waals surface area (Å²) in [7, 11) is 0. The number of carbonyl (C=O) groups is 1. The molecule has 0 aromatic heterocycles. The van der Waals surface area contributed by atoms with Crippen LogP contribution in [0.3, 0.4) is 0 Å². The summed E-state index contributed by atoms with van der Waals surface area (Å²) in [5, 5.41) is 0. The van der Waals surface area contributed by atoms with Crippen LogP contribution in [0.15, 0.2) is 43.0 Å². The Morgan fingerprint density at radius 2 is 1.93 bits per heavy atom. The SMILES string of the molecule is C=CCOC(=O)c1ccccc1.[AlH3].[Ti]. The van der Waals surface area contributed by atoms with Crippen molar-refractivity contribution >= 4 is 23.3 Å². The van der Waals surface area contributed by atoms with Crippen molar-refractivity contribution in [2.24, 2.45) is 0 Å². The molecule has 1 rings (SSSR count). The zero-order valence-electron chi connectivity index (χ0n) is 7.19. The van der Waals surface area contributed by atoms with E-state index in [1.165, 1.54) is 0 Å². The van der Waals surface area contributed by atoms with Crippen LogP contribution in [0, 0.1) is 0 Å². The number of benzene rings is 1. The maximum absolute atomic E-state index is 11.1. The molecule has 0 aliphatic carbocycles. The Kier molecular flexibility index (Phi) is 10.6. The van der Waals surface area contributed by atoms with E-state index in [1.54, 1.807) is 30.3 Å². The fourth-order valence-corrected chi connectivity index (χ4v) is 0.792. The summed E-state index contributed by atoms with van der Waals surface area (Å²) in [4.78, 5) is 11.1. The van der Waals surface area contributed by atoms with Crippen molar-refractivity contribution in [3.63, 3.8) is 0 Å². The van der Waals surface area contributed by atoms with Crippen LogP contribution in [-0.2, 0) is 26.5 Å². The molecule has 0 N–H and O–H groups in total. The maximum Gasteiger partial charge on any atom is 0.338 e. The first-order valence-electron chi connectivity index (χ1n) is 3.67. The van der Waals surface area contributed by atoms with Crippen LogP contribution in [-0.4, -0.2) is 29.9 Å². The van der Waals surface area contributed by atoms with Crippen molar-refractivity contribution in [1.29, 1.82) is 0 Å². The first kappa shape index (κ1) is 16.1. The molecule has 14 heavy (non-hydrogen) atoms. The van der Waals surface area contributed by atoms with Gasteiger partial charge >= 0.3 is 5.97 Å². The van der Waals surface area contributed by atoms with Gasteiger partial charge in [0.1, 0.15) is 6.61 Å². The molecule has 0 saturated heterocycles. The second-order valence-corrected chi connectivity index (χ2v) is 2.25. The second-order valence-electron chi connectivity index (χ2n) is 2.25. The number of ether oxygens (including phenoxy) is 1. The van der Waals surface area contributed by atoms with Crippen LogP contribution in [0.4, 0.5) is 0 Å². The molecule has 0 aliphatic rings. The first-order valence-corrected chi connectivity index (χ1v) is 3.67. The summed E-state index contributed by atoms with van der Waals surface area (Å²) in [6, 6.07) is 8.87. The second kappa shape index (κ2) is 9.24. The largest absolute Gasteiger partial charge is 0.458 e. The number of esters is 1. The molecule has 0 heterocycles. The molecule has 0 saturated carbocycles. The van der Waals surface area contributed by atoms with Gasteiger partial charge in [-0.15, -0.1) is 0 Å². The molecule has 72 valence electrons. The van der Waals surface area contributed by atoms with Crippen molar-refractivity contribution in [2.45, 2.75) is 0 Å². The van der Waals surface area contributed by atoms with Gasteiger partial charge in [0, 0.05) is 21.7 Å². The normalized spacial score (nSPS) is 7.71. The predicted octanol–water partition coefficient (Wildman–Crippen LogP) is 0.843. The molecule has 0 atom stereocenters. The fourth-order valence-electron chi connectivity index (χ4n) is 0.792. The molecule has 0 amide bonds. The van der Waals surface area contributed by atoms with E-state index in [-0.39, 0.29) is 51.7 Å². The van der Waals surface area contributed by atoms with Gasteiger partial charge in [-0.25, -0.2) is 4.79 Å². The zero-order chi connectivity index (χ0) is 8.81. The molecule has 0 bridgehead atoms. The van der Waals surface area contributed by atoms with Crippen LogP contribution >= 0.6 is 0 Å². The Bertz CT molecular complexity index is 275. The Morgan fingerprint density at radius 1 is 1.36 bits per heavy atom. The van der Waals surface area contributed by atoms with Gasteiger partial charge in [0.05, 0.1) is 5.56 Å². The van der Waals surface area contributed by atoms with Crippen molar-refractivity contribution in [3.05, 3.63) is 48.6 Å². The standard InChI is InChI=1S/C10H10O2.Al.Ti.3H/c1-2-8-12-10(11)9-6-4-3-5-7-9;;;;;/h2-7H,1,8H2;;;;;. The topological polar surface area (TPSA) is 26.3 Å². The molecule has 1 aromatic rings. The van der Waals surface area contributed by atoms with Gasteiger partial charge in [-0.1, -0.05) is 30.9 Å². The van der Waals surface area contributed by atoms with Crippen molar-refractivity contribution in [1.82, 2.24) is 0 Å². The Balaban J connectivity index is 0. The number of rotatable bonds is 3. The van der Waals surface area contributed by atoms with E-state index in [2.05, 4.69) is 6.58 Å². The number of hydrogen-bond donors (Lipinski definition) is 0. The van der Waals surface area contributed by atoms with Gasteiger partial charge < -0.3 is 4.74 Å². The Hall–Kier alpha value is -0.323. The van der Waals surface area contributed by atoms with E-state index in [1.807, 2.05) is 6.07 Å². The summed E-state index contributed by atoms with van der Waals surface area (Å²) in [5.74, 6) is -0.310.